The van der Waals surface area contributed by atoms with Gasteiger partial charge in [0.1, 0.15) is 0 Å². The molecule has 3 heterocycles. The van der Waals surface area contributed by atoms with E-state index in [1.54, 1.807) is 0 Å². The number of amides is 1. The standard InChI is InChI=1S/C15H20N4O2/c1-9-12-3-2-4-13(12)18-15(16-9)19-5-10-7-21-8-11(6-19)17-14(10)20/h10-11H,2-8H2,1H3,(H,17,20)/t10-,11+/m1/s1. The second-order valence-corrected chi connectivity index (χ2v) is 6.23. The summed E-state index contributed by atoms with van der Waals surface area (Å²) in [4.78, 5) is 23.7. The Balaban J connectivity index is 1.67. The third-order valence-electron chi connectivity index (χ3n) is 4.65. The third-order valence-corrected chi connectivity index (χ3v) is 4.65. The molecule has 0 spiro atoms. The van der Waals surface area contributed by atoms with Crippen molar-refractivity contribution in [2.24, 2.45) is 5.92 Å². The summed E-state index contributed by atoms with van der Waals surface area (Å²) in [5.41, 5.74) is 3.62. The number of carbonyl (C=O) groups is 1. The van der Waals surface area contributed by atoms with Gasteiger partial charge in [-0.3, -0.25) is 4.79 Å². The van der Waals surface area contributed by atoms with Crippen LogP contribution in [0.25, 0.3) is 0 Å². The molecule has 6 heteroatoms. The first-order valence-electron chi connectivity index (χ1n) is 7.70. The first-order chi connectivity index (χ1) is 10.2. The Hall–Kier alpha value is -1.69. The largest absolute Gasteiger partial charge is 0.378 e. The van der Waals surface area contributed by atoms with E-state index in [1.807, 2.05) is 0 Å². The Labute approximate surface area is 123 Å². The second kappa shape index (κ2) is 4.94. The van der Waals surface area contributed by atoms with Crippen LogP contribution in [0.15, 0.2) is 0 Å². The molecule has 2 saturated heterocycles. The lowest BCUT2D eigenvalue weighted by Crippen LogP contribution is -2.42. The highest BCUT2D eigenvalue weighted by Gasteiger charge is 2.34. The molecule has 2 fully saturated rings. The fourth-order valence-electron chi connectivity index (χ4n) is 3.54. The van der Waals surface area contributed by atoms with E-state index < -0.39 is 0 Å². The van der Waals surface area contributed by atoms with E-state index in [0.717, 1.165) is 31.0 Å². The molecular formula is C15H20N4O2. The number of aryl methyl sites for hydroxylation is 2. The van der Waals surface area contributed by atoms with Gasteiger partial charge in [-0.15, -0.1) is 0 Å². The van der Waals surface area contributed by atoms with Crippen LogP contribution in [-0.4, -0.2) is 48.2 Å². The molecule has 4 rings (SSSR count). The zero-order chi connectivity index (χ0) is 14.4. The number of hydrogen-bond acceptors (Lipinski definition) is 5. The summed E-state index contributed by atoms with van der Waals surface area (Å²) < 4.78 is 5.56. The summed E-state index contributed by atoms with van der Waals surface area (Å²) in [6, 6.07) is 0.0298. The van der Waals surface area contributed by atoms with Crippen LogP contribution < -0.4 is 10.2 Å². The molecule has 0 aromatic carbocycles. The molecule has 112 valence electrons. The Kier molecular flexibility index (Phi) is 3.06. The quantitative estimate of drug-likeness (QED) is 0.801. The van der Waals surface area contributed by atoms with Gasteiger partial charge >= 0.3 is 0 Å². The van der Waals surface area contributed by atoms with Crippen molar-refractivity contribution in [3.63, 3.8) is 0 Å². The summed E-state index contributed by atoms with van der Waals surface area (Å²) >= 11 is 0. The number of nitrogens with one attached hydrogen (secondary N) is 1. The summed E-state index contributed by atoms with van der Waals surface area (Å²) in [5, 5.41) is 3.05. The Bertz CT molecular complexity index is 589. The van der Waals surface area contributed by atoms with Gasteiger partial charge in [0.25, 0.3) is 0 Å². The molecular weight excluding hydrogens is 268 g/mol. The van der Waals surface area contributed by atoms with E-state index in [0.29, 0.717) is 19.8 Å². The van der Waals surface area contributed by atoms with E-state index in [9.17, 15) is 4.79 Å². The maximum absolute atomic E-state index is 12.1. The zero-order valence-corrected chi connectivity index (χ0v) is 12.3. The van der Waals surface area contributed by atoms with Gasteiger partial charge < -0.3 is 15.0 Å². The average molecular weight is 288 g/mol. The van der Waals surface area contributed by atoms with Crippen LogP contribution in [0.3, 0.4) is 0 Å². The van der Waals surface area contributed by atoms with Gasteiger partial charge in [0.2, 0.25) is 11.9 Å². The molecule has 1 N–H and O–H groups in total. The number of aromatic nitrogens is 2. The van der Waals surface area contributed by atoms with Crippen LogP contribution in [0.1, 0.15) is 23.4 Å². The van der Waals surface area contributed by atoms with Gasteiger partial charge in [0, 0.05) is 24.5 Å². The number of carbonyl (C=O) groups excluding carboxylic acids is 1. The first kappa shape index (κ1) is 13.0. The molecule has 1 aromatic rings. The highest BCUT2D eigenvalue weighted by Crippen LogP contribution is 2.26. The van der Waals surface area contributed by atoms with Gasteiger partial charge in [0.05, 0.1) is 25.2 Å². The van der Waals surface area contributed by atoms with Crippen LogP contribution >= 0.6 is 0 Å². The molecule has 2 atom stereocenters. The van der Waals surface area contributed by atoms with Crippen molar-refractivity contribution in [1.82, 2.24) is 15.3 Å². The molecule has 21 heavy (non-hydrogen) atoms. The monoisotopic (exact) mass is 288 g/mol. The molecule has 0 radical (unpaired) electrons. The predicted molar refractivity (Wildman–Crippen MR) is 77.2 cm³/mol. The SMILES string of the molecule is Cc1nc(N2C[C@H]3COC[C@@H](C2)C(=O)N3)nc2c1CCC2. The van der Waals surface area contributed by atoms with E-state index in [1.165, 1.54) is 17.7 Å². The lowest BCUT2D eigenvalue weighted by Gasteiger charge is -2.28. The Morgan fingerprint density at radius 2 is 2.14 bits per heavy atom. The van der Waals surface area contributed by atoms with E-state index in [2.05, 4.69) is 17.1 Å². The summed E-state index contributed by atoms with van der Waals surface area (Å²) in [5.74, 6) is 0.745. The van der Waals surface area contributed by atoms with E-state index >= 15 is 0 Å². The molecule has 3 aliphatic rings. The lowest BCUT2D eigenvalue weighted by atomic mass is 10.1. The number of ether oxygens (including phenoxy) is 1. The normalized spacial score (nSPS) is 28.0. The van der Waals surface area contributed by atoms with E-state index in [-0.39, 0.29) is 17.9 Å². The summed E-state index contributed by atoms with van der Waals surface area (Å²) in [6.07, 6.45) is 3.32. The first-order valence-corrected chi connectivity index (χ1v) is 7.70. The predicted octanol–water partition coefficient (Wildman–Crippen LogP) is 0.225. The summed E-state index contributed by atoms with van der Waals surface area (Å²) in [7, 11) is 0. The van der Waals surface area contributed by atoms with Crippen LogP contribution in [0.5, 0.6) is 0 Å². The van der Waals surface area contributed by atoms with E-state index in [4.69, 9.17) is 14.7 Å². The molecule has 1 aromatic heterocycles. The van der Waals surface area contributed by atoms with Crippen molar-refractivity contribution in [3.05, 3.63) is 17.0 Å². The molecule has 2 aliphatic heterocycles. The van der Waals surface area contributed by atoms with Gasteiger partial charge in [-0.25, -0.2) is 9.97 Å². The van der Waals surface area contributed by atoms with Gasteiger partial charge in [-0.05, 0) is 31.7 Å². The van der Waals surface area contributed by atoms with Crippen molar-refractivity contribution in [1.29, 1.82) is 0 Å². The van der Waals surface area contributed by atoms with Crippen LogP contribution in [0, 0.1) is 12.8 Å². The van der Waals surface area contributed by atoms with Crippen molar-refractivity contribution in [3.8, 4) is 0 Å². The number of hydrogen-bond donors (Lipinski definition) is 1. The summed E-state index contributed by atoms with van der Waals surface area (Å²) in [6.45, 7) is 4.49. The highest BCUT2D eigenvalue weighted by atomic mass is 16.5. The molecule has 1 aliphatic carbocycles. The molecule has 0 unspecified atom stereocenters. The fraction of sp³-hybridized carbons (Fsp3) is 0.667. The van der Waals surface area contributed by atoms with Crippen molar-refractivity contribution in [2.45, 2.75) is 32.2 Å². The van der Waals surface area contributed by atoms with Crippen LogP contribution in [0.2, 0.25) is 0 Å². The second-order valence-electron chi connectivity index (χ2n) is 6.23. The van der Waals surface area contributed by atoms with Crippen molar-refractivity contribution in [2.75, 3.05) is 31.2 Å². The third kappa shape index (κ3) is 2.27. The Morgan fingerprint density at radius 3 is 3.05 bits per heavy atom. The molecule has 2 bridgehead atoms. The number of rotatable bonds is 1. The topological polar surface area (TPSA) is 67.4 Å². The van der Waals surface area contributed by atoms with Crippen LogP contribution in [0.4, 0.5) is 5.95 Å². The maximum Gasteiger partial charge on any atom is 0.227 e. The van der Waals surface area contributed by atoms with Crippen molar-refractivity contribution < 1.29 is 9.53 Å². The molecule has 0 saturated carbocycles. The minimum Gasteiger partial charge on any atom is -0.378 e. The fourth-order valence-corrected chi connectivity index (χ4v) is 3.54. The van der Waals surface area contributed by atoms with Crippen molar-refractivity contribution >= 4 is 11.9 Å². The highest BCUT2D eigenvalue weighted by molar-refractivity contribution is 5.80. The molecule has 1 amide bonds. The van der Waals surface area contributed by atoms with Gasteiger partial charge in [0.15, 0.2) is 0 Å². The zero-order valence-electron chi connectivity index (χ0n) is 12.3. The minimum absolute atomic E-state index is 0.0298. The number of fused-ring (bicyclic) bond motifs is 4. The van der Waals surface area contributed by atoms with Gasteiger partial charge in [-0.1, -0.05) is 0 Å². The Morgan fingerprint density at radius 1 is 1.24 bits per heavy atom. The number of anilines is 1. The minimum atomic E-state index is -0.130. The van der Waals surface area contributed by atoms with Gasteiger partial charge in [-0.2, -0.15) is 0 Å². The smallest absolute Gasteiger partial charge is 0.227 e. The lowest BCUT2D eigenvalue weighted by molar-refractivity contribution is -0.124. The maximum atomic E-state index is 12.1. The molecule has 6 nitrogen and oxygen atoms in total. The average Bonchev–Trinajstić information content (AvgIpc) is 2.76. The number of nitrogens with zero attached hydrogens (tertiary/aromatic N) is 3. The van der Waals surface area contributed by atoms with Crippen LogP contribution in [-0.2, 0) is 22.4 Å².